The maximum absolute atomic E-state index is 11.2. The van der Waals surface area contributed by atoms with Gasteiger partial charge in [0.1, 0.15) is 0 Å². The highest BCUT2D eigenvalue weighted by Crippen LogP contribution is 2.25. The number of amides is 1. The largest absolute Gasteiger partial charge is 0.326 e. The Bertz CT molecular complexity index is 496. The number of carbonyl (C=O) groups excluding carboxylic acids is 1. The summed E-state index contributed by atoms with van der Waals surface area (Å²) in [6, 6.07) is 7.46. The number of hydrogen-bond donors (Lipinski definition) is 2. The topological polar surface area (TPSA) is 41.1 Å². The van der Waals surface area contributed by atoms with Crippen LogP contribution in [0.1, 0.15) is 51.7 Å². The Balaban J connectivity index is 2.06. The van der Waals surface area contributed by atoms with Crippen LogP contribution < -0.4 is 10.6 Å². The standard InChI is InChI=1S/C18H28N2O/c1-5-18(12(2)3)20-17-9-7-14-6-8-16(19-13(4)21)10-15(14)11-17/h6,8,10,12,17-18,20H,5,7,9,11H2,1-4H3,(H,19,21). The van der Waals surface area contributed by atoms with Gasteiger partial charge in [0, 0.05) is 24.7 Å². The lowest BCUT2D eigenvalue weighted by Crippen LogP contribution is -2.43. The molecule has 0 heterocycles. The molecule has 2 unspecified atom stereocenters. The maximum Gasteiger partial charge on any atom is 0.221 e. The fourth-order valence-electron chi connectivity index (χ4n) is 3.26. The van der Waals surface area contributed by atoms with Crippen molar-refractivity contribution in [2.45, 2.75) is 65.5 Å². The number of aryl methyl sites for hydroxylation is 1. The third-order valence-corrected chi connectivity index (χ3v) is 4.45. The van der Waals surface area contributed by atoms with E-state index >= 15 is 0 Å². The van der Waals surface area contributed by atoms with Gasteiger partial charge < -0.3 is 10.6 Å². The van der Waals surface area contributed by atoms with E-state index in [-0.39, 0.29) is 5.91 Å². The summed E-state index contributed by atoms with van der Waals surface area (Å²) in [4.78, 5) is 11.2. The van der Waals surface area contributed by atoms with Crippen molar-refractivity contribution in [1.29, 1.82) is 0 Å². The molecule has 116 valence electrons. The Kier molecular flexibility index (Phi) is 5.40. The van der Waals surface area contributed by atoms with Crippen molar-refractivity contribution >= 4 is 11.6 Å². The summed E-state index contributed by atoms with van der Waals surface area (Å²) >= 11 is 0. The number of nitrogens with one attached hydrogen (secondary N) is 2. The average molecular weight is 288 g/mol. The predicted molar refractivity (Wildman–Crippen MR) is 88.6 cm³/mol. The molecule has 1 aromatic carbocycles. The molecule has 0 fully saturated rings. The second-order valence-corrected chi connectivity index (χ2v) is 6.53. The second kappa shape index (κ2) is 7.08. The second-order valence-electron chi connectivity index (χ2n) is 6.53. The van der Waals surface area contributed by atoms with Gasteiger partial charge in [0.25, 0.3) is 0 Å². The molecule has 2 N–H and O–H groups in total. The molecule has 0 saturated heterocycles. The van der Waals surface area contributed by atoms with E-state index in [0.717, 1.165) is 18.5 Å². The molecule has 21 heavy (non-hydrogen) atoms. The molecular formula is C18H28N2O. The first-order chi connectivity index (χ1) is 9.99. The van der Waals surface area contributed by atoms with Crippen LogP contribution in [0.2, 0.25) is 0 Å². The van der Waals surface area contributed by atoms with Crippen molar-refractivity contribution in [3.63, 3.8) is 0 Å². The Labute approximate surface area is 128 Å². The number of rotatable bonds is 5. The summed E-state index contributed by atoms with van der Waals surface area (Å²) in [6.07, 6.45) is 4.57. The van der Waals surface area contributed by atoms with E-state index in [1.807, 2.05) is 6.07 Å². The van der Waals surface area contributed by atoms with Crippen LogP contribution in [-0.4, -0.2) is 18.0 Å². The molecule has 0 radical (unpaired) electrons. The fourth-order valence-corrected chi connectivity index (χ4v) is 3.26. The molecule has 0 aromatic heterocycles. The van der Waals surface area contributed by atoms with Gasteiger partial charge in [-0.2, -0.15) is 0 Å². The van der Waals surface area contributed by atoms with Crippen molar-refractivity contribution in [2.75, 3.05) is 5.32 Å². The zero-order valence-electron chi connectivity index (χ0n) is 13.7. The fraction of sp³-hybridized carbons (Fsp3) is 0.611. The molecule has 0 spiro atoms. The van der Waals surface area contributed by atoms with Crippen molar-refractivity contribution < 1.29 is 4.79 Å². The SMILES string of the molecule is CCC(NC1CCc2ccc(NC(C)=O)cc2C1)C(C)C. The third-order valence-electron chi connectivity index (χ3n) is 4.45. The van der Waals surface area contributed by atoms with Crippen LogP contribution in [0.5, 0.6) is 0 Å². The lowest BCUT2D eigenvalue weighted by atomic mass is 9.86. The summed E-state index contributed by atoms with van der Waals surface area (Å²) < 4.78 is 0. The molecule has 2 rings (SSSR count). The Morgan fingerprint density at radius 2 is 2.10 bits per heavy atom. The monoisotopic (exact) mass is 288 g/mol. The molecule has 2 atom stereocenters. The minimum Gasteiger partial charge on any atom is -0.326 e. The first-order valence-electron chi connectivity index (χ1n) is 8.15. The van der Waals surface area contributed by atoms with E-state index in [4.69, 9.17) is 0 Å². The van der Waals surface area contributed by atoms with E-state index in [0.29, 0.717) is 18.0 Å². The van der Waals surface area contributed by atoms with E-state index < -0.39 is 0 Å². The number of anilines is 1. The molecule has 3 nitrogen and oxygen atoms in total. The minimum atomic E-state index is -0.00807. The van der Waals surface area contributed by atoms with Gasteiger partial charge in [-0.15, -0.1) is 0 Å². The number of hydrogen-bond acceptors (Lipinski definition) is 2. The zero-order valence-corrected chi connectivity index (χ0v) is 13.7. The minimum absolute atomic E-state index is 0.00807. The van der Waals surface area contributed by atoms with Crippen molar-refractivity contribution in [3.05, 3.63) is 29.3 Å². The van der Waals surface area contributed by atoms with Gasteiger partial charge in [-0.05, 0) is 54.9 Å². The lowest BCUT2D eigenvalue weighted by Gasteiger charge is -2.31. The molecule has 0 aliphatic heterocycles. The molecule has 0 bridgehead atoms. The molecule has 1 amide bonds. The third kappa shape index (κ3) is 4.31. The Hall–Kier alpha value is -1.35. The first-order valence-corrected chi connectivity index (χ1v) is 8.15. The highest BCUT2D eigenvalue weighted by Gasteiger charge is 2.22. The van der Waals surface area contributed by atoms with Gasteiger partial charge in [-0.1, -0.05) is 26.8 Å². The number of carbonyl (C=O) groups is 1. The quantitative estimate of drug-likeness (QED) is 0.870. The van der Waals surface area contributed by atoms with Gasteiger partial charge in [0.2, 0.25) is 5.91 Å². The van der Waals surface area contributed by atoms with Crippen molar-refractivity contribution in [3.8, 4) is 0 Å². The lowest BCUT2D eigenvalue weighted by molar-refractivity contribution is -0.114. The van der Waals surface area contributed by atoms with Crippen LogP contribution in [0, 0.1) is 5.92 Å². The first kappa shape index (κ1) is 16.0. The number of benzene rings is 1. The average Bonchev–Trinajstić information content (AvgIpc) is 2.43. The summed E-state index contributed by atoms with van der Waals surface area (Å²) in [7, 11) is 0. The number of fused-ring (bicyclic) bond motifs is 1. The maximum atomic E-state index is 11.2. The highest BCUT2D eigenvalue weighted by atomic mass is 16.1. The Morgan fingerprint density at radius 1 is 1.33 bits per heavy atom. The van der Waals surface area contributed by atoms with Crippen LogP contribution in [0.4, 0.5) is 5.69 Å². The van der Waals surface area contributed by atoms with Crippen LogP contribution in [-0.2, 0) is 17.6 Å². The summed E-state index contributed by atoms with van der Waals surface area (Å²) in [5, 5.41) is 6.70. The van der Waals surface area contributed by atoms with E-state index in [9.17, 15) is 4.79 Å². The molecule has 1 aliphatic rings. The molecule has 1 aromatic rings. The van der Waals surface area contributed by atoms with E-state index in [1.165, 1.54) is 24.0 Å². The van der Waals surface area contributed by atoms with Crippen molar-refractivity contribution in [2.24, 2.45) is 5.92 Å². The van der Waals surface area contributed by atoms with Gasteiger partial charge in [0.15, 0.2) is 0 Å². The zero-order chi connectivity index (χ0) is 15.4. The van der Waals surface area contributed by atoms with Crippen LogP contribution in [0.3, 0.4) is 0 Å². The van der Waals surface area contributed by atoms with Crippen LogP contribution >= 0.6 is 0 Å². The van der Waals surface area contributed by atoms with Crippen LogP contribution in [0.15, 0.2) is 18.2 Å². The summed E-state index contributed by atoms with van der Waals surface area (Å²) in [6.45, 7) is 8.38. The van der Waals surface area contributed by atoms with Gasteiger partial charge in [0.05, 0.1) is 0 Å². The summed E-state index contributed by atoms with van der Waals surface area (Å²) in [5.41, 5.74) is 3.72. The molecule has 1 aliphatic carbocycles. The van der Waals surface area contributed by atoms with E-state index in [2.05, 4.69) is 43.5 Å². The Morgan fingerprint density at radius 3 is 2.71 bits per heavy atom. The smallest absolute Gasteiger partial charge is 0.221 e. The summed E-state index contributed by atoms with van der Waals surface area (Å²) in [5.74, 6) is 0.661. The van der Waals surface area contributed by atoms with Gasteiger partial charge >= 0.3 is 0 Å². The molecule has 0 saturated carbocycles. The highest BCUT2D eigenvalue weighted by molar-refractivity contribution is 5.88. The van der Waals surface area contributed by atoms with E-state index in [1.54, 1.807) is 6.92 Å². The van der Waals surface area contributed by atoms with Gasteiger partial charge in [-0.25, -0.2) is 0 Å². The predicted octanol–water partition coefficient (Wildman–Crippen LogP) is 3.53. The van der Waals surface area contributed by atoms with Crippen molar-refractivity contribution in [1.82, 2.24) is 5.32 Å². The molecular weight excluding hydrogens is 260 g/mol. The molecule has 3 heteroatoms. The normalized spacial score (nSPS) is 19.2. The van der Waals surface area contributed by atoms with Gasteiger partial charge in [-0.3, -0.25) is 4.79 Å². The van der Waals surface area contributed by atoms with Crippen LogP contribution in [0.25, 0.3) is 0 Å².